The van der Waals surface area contributed by atoms with Gasteiger partial charge in [-0.05, 0) is 44.2 Å². The zero-order chi connectivity index (χ0) is 12.5. The van der Waals surface area contributed by atoms with E-state index in [-0.39, 0.29) is 5.54 Å². The van der Waals surface area contributed by atoms with Gasteiger partial charge in [0, 0.05) is 10.5 Å². The lowest BCUT2D eigenvalue weighted by molar-refractivity contribution is 0.252. The molecule has 1 aromatic carbocycles. The van der Waals surface area contributed by atoms with Gasteiger partial charge in [-0.15, -0.1) is 6.42 Å². The monoisotopic (exact) mass is 291 g/mol. The van der Waals surface area contributed by atoms with E-state index in [9.17, 15) is 0 Å². The van der Waals surface area contributed by atoms with Crippen molar-refractivity contribution < 1.29 is 0 Å². The van der Waals surface area contributed by atoms with Gasteiger partial charge in [0.1, 0.15) is 0 Å². The molecule has 0 amide bonds. The average molecular weight is 292 g/mol. The molecule has 1 aromatic rings. The predicted molar refractivity (Wildman–Crippen MR) is 76.0 cm³/mol. The Morgan fingerprint density at radius 2 is 2.00 bits per heavy atom. The summed E-state index contributed by atoms with van der Waals surface area (Å²) >= 11 is 3.61. The Kier molecular flexibility index (Phi) is 3.61. The standard InChI is InChI=1S/C15H18BrN/c1-4-15(2,3)17-12-9-11(10-12)13-7-5-6-8-14(13)16/h1,5-8,11-12,17H,9-10H2,2-3H3. The van der Waals surface area contributed by atoms with E-state index in [1.165, 1.54) is 22.9 Å². The minimum Gasteiger partial charge on any atom is -0.299 e. The van der Waals surface area contributed by atoms with Crippen LogP contribution in [-0.2, 0) is 0 Å². The highest BCUT2D eigenvalue weighted by molar-refractivity contribution is 9.10. The van der Waals surface area contributed by atoms with E-state index >= 15 is 0 Å². The third-order valence-corrected chi connectivity index (χ3v) is 4.13. The van der Waals surface area contributed by atoms with Crippen molar-refractivity contribution in [3.05, 3.63) is 34.3 Å². The van der Waals surface area contributed by atoms with Gasteiger partial charge >= 0.3 is 0 Å². The van der Waals surface area contributed by atoms with Crippen molar-refractivity contribution in [3.63, 3.8) is 0 Å². The van der Waals surface area contributed by atoms with Gasteiger partial charge in [0.25, 0.3) is 0 Å². The van der Waals surface area contributed by atoms with Crippen molar-refractivity contribution in [2.45, 2.75) is 44.2 Å². The molecule has 1 nitrogen and oxygen atoms in total. The second-order valence-corrected chi connectivity index (χ2v) is 6.15. The van der Waals surface area contributed by atoms with Crippen LogP contribution in [0.5, 0.6) is 0 Å². The van der Waals surface area contributed by atoms with Gasteiger partial charge in [-0.3, -0.25) is 5.32 Å². The molecule has 1 fully saturated rings. The quantitative estimate of drug-likeness (QED) is 0.838. The number of benzene rings is 1. The zero-order valence-electron chi connectivity index (χ0n) is 10.3. The Balaban J connectivity index is 1.92. The summed E-state index contributed by atoms with van der Waals surface area (Å²) in [6.07, 6.45) is 7.83. The molecule has 1 aliphatic carbocycles. The maximum absolute atomic E-state index is 5.48. The molecule has 1 saturated carbocycles. The molecule has 1 N–H and O–H groups in total. The third-order valence-electron chi connectivity index (χ3n) is 3.41. The third kappa shape index (κ3) is 2.91. The van der Waals surface area contributed by atoms with E-state index in [4.69, 9.17) is 6.42 Å². The van der Waals surface area contributed by atoms with Crippen molar-refractivity contribution in [1.82, 2.24) is 5.32 Å². The summed E-state index contributed by atoms with van der Waals surface area (Å²) in [5.74, 6) is 3.45. The lowest BCUT2D eigenvalue weighted by atomic mass is 9.75. The molecule has 2 heteroatoms. The Bertz CT molecular complexity index is 438. The maximum atomic E-state index is 5.48. The van der Waals surface area contributed by atoms with Crippen LogP contribution in [0.1, 0.15) is 38.2 Å². The minimum atomic E-state index is -0.191. The normalized spacial score (nSPS) is 23.9. The first-order valence-electron chi connectivity index (χ1n) is 6.02. The molecule has 0 heterocycles. The summed E-state index contributed by atoms with van der Waals surface area (Å²) < 4.78 is 1.22. The fourth-order valence-corrected chi connectivity index (χ4v) is 2.96. The Hall–Kier alpha value is -0.780. The number of hydrogen-bond donors (Lipinski definition) is 1. The molecule has 2 rings (SSSR count). The van der Waals surface area contributed by atoms with Crippen molar-refractivity contribution in [2.24, 2.45) is 0 Å². The molecular formula is C15H18BrN. The van der Waals surface area contributed by atoms with Crippen molar-refractivity contribution in [2.75, 3.05) is 0 Å². The van der Waals surface area contributed by atoms with Crippen LogP contribution in [0, 0.1) is 12.3 Å². The first-order valence-corrected chi connectivity index (χ1v) is 6.81. The molecule has 0 aliphatic heterocycles. The van der Waals surface area contributed by atoms with E-state index in [0.717, 1.165) is 0 Å². The van der Waals surface area contributed by atoms with Crippen molar-refractivity contribution in [3.8, 4) is 12.3 Å². The average Bonchev–Trinajstić information content (AvgIpc) is 2.24. The van der Waals surface area contributed by atoms with Gasteiger partial charge in [-0.1, -0.05) is 40.0 Å². The topological polar surface area (TPSA) is 12.0 Å². The summed E-state index contributed by atoms with van der Waals surface area (Å²) in [6, 6.07) is 9.03. The largest absolute Gasteiger partial charge is 0.299 e. The van der Waals surface area contributed by atoms with E-state index in [0.29, 0.717) is 12.0 Å². The van der Waals surface area contributed by atoms with E-state index < -0.39 is 0 Å². The Morgan fingerprint density at radius 1 is 1.35 bits per heavy atom. The van der Waals surface area contributed by atoms with Crippen LogP contribution in [-0.4, -0.2) is 11.6 Å². The van der Waals surface area contributed by atoms with Crippen LogP contribution in [0.15, 0.2) is 28.7 Å². The summed E-state index contributed by atoms with van der Waals surface area (Å²) in [7, 11) is 0. The highest BCUT2D eigenvalue weighted by Crippen LogP contribution is 2.40. The fourth-order valence-electron chi connectivity index (χ4n) is 2.35. The van der Waals surface area contributed by atoms with Crippen LogP contribution >= 0.6 is 15.9 Å². The van der Waals surface area contributed by atoms with Gasteiger partial charge in [0.15, 0.2) is 0 Å². The van der Waals surface area contributed by atoms with Gasteiger partial charge in [0.2, 0.25) is 0 Å². The van der Waals surface area contributed by atoms with E-state index in [2.05, 4.69) is 65.3 Å². The summed E-state index contributed by atoms with van der Waals surface area (Å²) in [6.45, 7) is 4.11. The Morgan fingerprint density at radius 3 is 2.59 bits per heavy atom. The number of rotatable bonds is 3. The predicted octanol–water partition coefficient (Wildman–Crippen LogP) is 3.70. The molecule has 1 aliphatic rings. The molecular weight excluding hydrogens is 274 g/mol. The zero-order valence-corrected chi connectivity index (χ0v) is 11.9. The van der Waals surface area contributed by atoms with Crippen LogP contribution in [0.25, 0.3) is 0 Å². The van der Waals surface area contributed by atoms with Gasteiger partial charge < -0.3 is 0 Å². The summed E-state index contributed by atoms with van der Waals surface area (Å²) in [5, 5.41) is 3.51. The number of hydrogen-bond acceptors (Lipinski definition) is 1. The highest BCUT2D eigenvalue weighted by Gasteiger charge is 2.33. The first-order chi connectivity index (χ1) is 8.02. The second kappa shape index (κ2) is 4.84. The van der Waals surface area contributed by atoms with Crippen LogP contribution in [0.3, 0.4) is 0 Å². The molecule has 90 valence electrons. The van der Waals surface area contributed by atoms with Crippen LogP contribution < -0.4 is 5.32 Å². The Labute approximate surface area is 112 Å². The van der Waals surface area contributed by atoms with E-state index in [1.54, 1.807) is 0 Å². The van der Waals surface area contributed by atoms with E-state index in [1.807, 2.05) is 0 Å². The van der Waals surface area contributed by atoms with Crippen molar-refractivity contribution >= 4 is 15.9 Å². The molecule has 0 saturated heterocycles. The summed E-state index contributed by atoms with van der Waals surface area (Å²) in [4.78, 5) is 0. The molecule has 0 spiro atoms. The number of halogens is 1. The van der Waals surface area contributed by atoms with Gasteiger partial charge in [-0.2, -0.15) is 0 Å². The van der Waals surface area contributed by atoms with Gasteiger partial charge in [-0.25, -0.2) is 0 Å². The second-order valence-electron chi connectivity index (χ2n) is 5.30. The molecule has 0 aromatic heterocycles. The lowest BCUT2D eigenvalue weighted by Gasteiger charge is -2.40. The summed E-state index contributed by atoms with van der Waals surface area (Å²) in [5.41, 5.74) is 1.23. The van der Waals surface area contributed by atoms with Crippen LogP contribution in [0.4, 0.5) is 0 Å². The highest BCUT2D eigenvalue weighted by atomic mass is 79.9. The van der Waals surface area contributed by atoms with Crippen molar-refractivity contribution in [1.29, 1.82) is 0 Å². The fraction of sp³-hybridized carbons (Fsp3) is 0.467. The molecule has 0 atom stereocenters. The number of terminal acetylenes is 1. The minimum absolute atomic E-state index is 0.191. The lowest BCUT2D eigenvalue weighted by Crippen LogP contribution is -2.50. The van der Waals surface area contributed by atoms with Crippen LogP contribution in [0.2, 0.25) is 0 Å². The SMILES string of the molecule is C#CC(C)(C)NC1CC(c2ccccc2Br)C1. The molecule has 0 radical (unpaired) electrons. The number of nitrogens with one attached hydrogen (secondary N) is 1. The molecule has 0 bridgehead atoms. The molecule has 17 heavy (non-hydrogen) atoms. The molecule has 0 unspecified atom stereocenters. The first kappa shape index (κ1) is 12.7. The maximum Gasteiger partial charge on any atom is 0.0743 e. The smallest absolute Gasteiger partial charge is 0.0743 e. The van der Waals surface area contributed by atoms with Gasteiger partial charge in [0.05, 0.1) is 5.54 Å².